The van der Waals surface area contributed by atoms with Crippen molar-refractivity contribution < 1.29 is 0 Å². The molecular formula is C15H22ClN. The van der Waals surface area contributed by atoms with Gasteiger partial charge in [0.2, 0.25) is 0 Å². The van der Waals surface area contributed by atoms with Crippen molar-refractivity contribution >= 4 is 17.3 Å². The van der Waals surface area contributed by atoms with Gasteiger partial charge in [-0.2, -0.15) is 0 Å². The molecule has 0 amide bonds. The number of hydrogen-bond acceptors (Lipinski definition) is 1. The van der Waals surface area contributed by atoms with Gasteiger partial charge in [0.05, 0.1) is 0 Å². The Hall–Kier alpha value is -0.690. The Labute approximate surface area is 110 Å². The fraction of sp³-hybridized carbons (Fsp3) is 0.600. The molecule has 0 bridgehead atoms. The van der Waals surface area contributed by atoms with E-state index in [2.05, 4.69) is 25.2 Å². The molecule has 1 saturated carbocycles. The average molecular weight is 252 g/mol. The van der Waals surface area contributed by atoms with Gasteiger partial charge in [-0.05, 0) is 55.7 Å². The Bertz CT molecular complexity index is 354. The molecular weight excluding hydrogens is 230 g/mol. The molecule has 1 aliphatic carbocycles. The van der Waals surface area contributed by atoms with Gasteiger partial charge in [-0.3, -0.25) is 0 Å². The lowest BCUT2D eigenvalue weighted by atomic mass is 9.79. The summed E-state index contributed by atoms with van der Waals surface area (Å²) in [6.07, 6.45) is 5.29. The summed E-state index contributed by atoms with van der Waals surface area (Å²) in [6.45, 7) is 4.69. The third kappa shape index (κ3) is 3.64. The van der Waals surface area contributed by atoms with Gasteiger partial charge >= 0.3 is 0 Å². The second-order valence-electron chi connectivity index (χ2n) is 5.51. The third-order valence-corrected chi connectivity index (χ3v) is 4.15. The molecule has 94 valence electrons. The first-order valence-corrected chi connectivity index (χ1v) is 7.05. The molecule has 1 N–H and O–H groups in total. The van der Waals surface area contributed by atoms with Gasteiger partial charge in [0.1, 0.15) is 0 Å². The van der Waals surface area contributed by atoms with E-state index in [0.717, 1.165) is 22.5 Å². The number of nitrogens with one attached hydrogen (secondary N) is 1. The zero-order valence-electron chi connectivity index (χ0n) is 10.7. The standard InChI is InChI=1S/C15H22ClN/c1-11(2)12-6-8-14(9-7-12)17-15-5-3-4-13(16)10-15/h3-5,10-12,14,17H,6-9H2,1-2H3. The van der Waals surface area contributed by atoms with Gasteiger partial charge in [-0.1, -0.05) is 31.5 Å². The first kappa shape index (κ1) is 12.8. The first-order valence-electron chi connectivity index (χ1n) is 6.67. The first-order chi connectivity index (χ1) is 8.15. The van der Waals surface area contributed by atoms with Crippen LogP contribution in [-0.2, 0) is 0 Å². The molecule has 17 heavy (non-hydrogen) atoms. The minimum atomic E-state index is 0.628. The van der Waals surface area contributed by atoms with Crippen LogP contribution in [0.3, 0.4) is 0 Å². The molecule has 0 heterocycles. The molecule has 2 heteroatoms. The summed E-state index contributed by atoms with van der Waals surface area (Å²) >= 11 is 5.99. The van der Waals surface area contributed by atoms with Crippen molar-refractivity contribution in [1.82, 2.24) is 0 Å². The van der Waals surface area contributed by atoms with E-state index in [9.17, 15) is 0 Å². The quantitative estimate of drug-likeness (QED) is 0.800. The fourth-order valence-electron chi connectivity index (χ4n) is 2.74. The van der Waals surface area contributed by atoms with Crippen LogP contribution >= 0.6 is 11.6 Å². The Morgan fingerprint density at radius 2 is 1.88 bits per heavy atom. The van der Waals surface area contributed by atoms with Crippen molar-refractivity contribution in [3.63, 3.8) is 0 Å². The maximum atomic E-state index is 5.99. The van der Waals surface area contributed by atoms with E-state index in [1.54, 1.807) is 0 Å². The van der Waals surface area contributed by atoms with Crippen LogP contribution < -0.4 is 5.32 Å². The van der Waals surface area contributed by atoms with E-state index in [1.165, 1.54) is 25.7 Å². The van der Waals surface area contributed by atoms with Crippen molar-refractivity contribution in [2.75, 3.05) is 5.32 Å². The second-order valence-corrected chi connectivity index (χ2v) is 5.95. The fourth-order valence-corrected chi connectivity index (χ4v) is 2.93. The predicted octanol–water partition coefficient (Wildman–Crippen LogP) is 4.97. The summed E-state index contributed by atoms with van der Waals surface area (Å²) in [5, 5.41) is 4.41. The summed E-state index contributed by atoms with van der Waals surface area (Å²) in [6, 6.07) is 8.66. The lowest BCUT2D eigenvalue weighted by Crippen LogP contribution is -2.27. The minimum Gasteiger partial charge on any atom is -0.382 e. The lowest BCUT2D eigenvalue weighted by Gasteiger charge is -2.31. The van der Waals surface area contributed by atoms with Crippen LogP contribution in [0.1, 0.15) is 39.5 Å². The van der Waals surface area contributed by atoms with E-state index in [0.29, 0.717) is 6.04 Å². The van der Waals surface area contributed by atoms with Crippen LogP contribution in [0, 0.1) is 11.8 Å². The molecule has 0 spiro atoms. The number of rotatable bonds is 3. The number of halogens is 1. The van der Waals surface area contributed by atoms with Gasteiger partial charge in [-0.15, -0.1) is 0 Å². The van der Waals surface area contributed by atoms with Crippen molar-refractivity contribution in [3.8, 4) is 0 Å². The molecule has 0 saturated heterocycles. The zero-order valence-corrected chi connectivity index (χ0v) is 11.5. The number of hydrogen-bond donors (Lipinski definition) is 1. The smallest absolute Gasteiger partial charge is 0.0426 e. The van der Waals surface area contributed by atoms with Crippen LogP contribution in [0.2, 0.25) is 5.02 Å². The highest BCUT2D eigenvalue weighted by molar-refractivity contribution is 6.30. The van der Waals surface area contributed by atoms with Crippen molar-refractivity contribution in [2.45, 2.75) is 45.6 Å². The van der Waals surface area contributed by atoms with Crippen LogP contribution in [-0.4, -0.2) is 6.04 Å². The largest absolute Gasteiger partial charge is 0.382 e. The summed E-state index contributed by atoms with van der Waals surface area (Å²) in [4.78, 5) is 0. The molecule has 0 radical (unpaired) electrons. The highest BCUT2D eigenvalue weighted by Gasteiger charge is 2.22. The normalized spacial score (nSPS) is 24.9. The molecule has 1 aromatic carbocycles. The molecule has 0 aromatic heterocycles. The Balaban J connectivity index is 1.86. The van der Waals surface area contributed by atoms with Gasteiger partial charge in [0, 0.05) is 16.8 Å². The average Bonchev–Trinajstić information content (AvgIpc) is 2.29. The van der Waals surface area contributed by atoms with E-state index in [4.69, 9.17) is 11.6 Å². The Morgan fingerprint density at radius 1 is 1.18 bits per heavy atom. The molecule has 2 rings (SSSR count). The molecule has 1 fully saturated rings. The van der Waals surface area contributed by atoms with E-state index in [1.807, 2.05) is 18.2 Å². The van der Waals surface area contributed by atoms with E-state index in [-0.39, 0.29) is 0 Å². The van der Waals surface area contributed by atoms with Gasteiger partial charge in [0.25, 0.3) is 0 Å². The summed E-state index contributed by atoms with van der Waals surface area (Å²) in [7, 11) is 0. The monoisotopic (exact) mass is 251 g/mol. The minimum absolute atomic E-state index is 0.628. The van der Waals surface area contributed by atoms with Crippen LogP contribution in [0.5, 0.6) is 0 Å². The molecule has 1 nitrogen and oxygen atoms in total. The molecule has 0 atom stereocenters. The van der Waals surface area contributed by atoms with Crippen molar-refractivity contribution in [1.29, 1.82) is 0 Å². The summed E-state index contributed by atoms with van der Waals surface area (Å²) in [5.74, 6) is 1.76. The van der Waals surface area contributed by atoms with Crippen LogP contribution in [0.4, 0.5) is 5.69 Å². The third-order valence-electron chi connectivity index (χ3n) is 3.91. The highest BCUT2D eigenvalue weighted by Crippen LogP contribution is 2.31. The maximum Gasteiger partial charge on any atom is 0.0426 e. The summed E-state index contributed by atoms with van der Waals surface area (Å²) < 4.78 is 0. The van der Waals surface area contributed by atoms with Crippen molar-refractivity contribution in [3.05, 3.63) is 29.3 Å². The predicted molar refractivity (Wildman–Crippen MR) is 75.7 cm³/mol. The second kappa shape index (κ2) is 5.77. The number of benzene rings is 1. The van der Waals surface area contributed by atoms with Crippen LogP contribution in [0.25, 0.3) is 0 Å². The molecule has 1 aliphatic rings. The van der Waals surface area contributed by atoms with E-state index >= 15 is 0 Å². The maximum absolute atomic E-state index is 5.99. The highest BCUT2D eigenvalue weighted by atomic mass is 35.5. The SMILES string of the molecule is CC(C)C1CCC(Nc2cccc(Cl)c2)CC1. The van der Waals surface area contributed by atoms with Gasteiger partial charge < -0.3 is 5.32 Å². The zero-order chi connectivity index (χ0) is 12.3. The number of anilines is 1. The topological polar surface area (TPSA) is 12.0 Å². The molecule has 0 aliphatic heterocycles. The molecule has 0 unspecified atom stereocenters. The molecule has 1 aromatic rings. The van der Waals surface area contributed by atoms with Crippen LogP contribution in [0.15, 0.2) is 24.3 Å². The van der Waals surface area contributed by atoms with Crippen molar-refractivity contribution in [2.24, 2.45) is 11.8 Å². The van der Waals surface area contributed by atoms with E-state index < -0.39 is 0 Å². The van der Waals surface area contributed by atoms with Gasteiger partial charge in [0.15, 0.2) is 0 Å². The Morgan fingerprint density at radius 3 is 2.47 bits per heavy atom. The Kier molecular flexibility index (Phi) is 4.33. The lowest BCUT2D eigenvalue weighted by molar-refractivity contribution is 0.267. The van der Waals surface area contributed by atoms with Gasteiger partial charge in [-0.25, -0.2) is 0 Å². The summed E-state index contributed by atoms with van der Waals surface area (Å²) in [5.41, 5.74) is 1.16.